The van der Waals surface area contributed by atoms with Gasteiger partial charge in [0.1, 0.15) is 0 Å². The normalized spacial score (nSPS) is 11.8. The van der Waals surface area contributed by atoms with E-state index in [4.69, 9.17) is 11.6 Å². The summed E-state index contributed by atoms with van der Waals surface area (Å²) in [6.45, 7) is 1.82. The molecule has 0 fully saturated rings. The van der Waals surface area contributed by atoms with Gasteiger partial charge in [0.15, 0.2) is 5.78 Å². The van der Waals surface area contributed by atoms with Gasteiger partial charge >= 0.3 is 0 Å². The highest BCUT2D eigenvalue weighted by Gasteiger charge is 2.00. The lowest BCUT2D eigenvalue weighted by Gasteiger charge is -1.97. The van der Waals surface area contributed by atoms with Crippen molar-refractivity contribution in [3.05, 3.63) is 82.4 Å². The predicted octanol–water partition coefficient (Wildman–Crippen LogP) is 5.03. The van der Waals surface area contributed by atoms with Gasteiger partial charge in [-0.2, -0.15) is 0 Å². The lowest BCUT2D eigenvalue weighted by atomic mass is 10.1. The topological polar surface area (TPSA) is 17.1 Å². The minimum absolute atomic E-state index is 0.00352. The molecule has 0 aliphatic rings. The third-order valence-corrected chi connectivity index (χ3v) is 3.12. The van der Waals surface area contributed by atoms with Crippen molar-refractivity contribution in [2.45, 2.75) is 6.92 Å². The third-order valence-electron chi connectivity index (χ3n) is 2.87. The summed E-state index contributed by atoms with van der Waals surface area (Å²) in [4.78, 5) is 12.0. The van der Waals surface area contributed by atoms with Gasteiger partial charge < -0.3 is 0 Å². The molecule has 0 amide bonds. The van der Waals surface area contributed by atoms with Gasteiger partial charge in [-0.05, 0) is 47.9 Å². The van der Waals surface area contributed by atoms with E-state index in [9.17, 15) is 4.79 Å². The molecule has 0 bridgehead atoms. The number of halogens is 1. The predicted molar refractivity (Wildman–Crippen MR) is 85.6 cm³/mol. The molecule has 0 aliphatic heterocycles. The minimum Gasteiger partial charge on any atom is -0.290 e. The van der Waals surface area contributed by atoms with E-state index in [1.807, 2.05) is 55.5 Å². The molecule has 0 atom stereocenters. The van der Waals surface area contributed by atoms with Gasteiger partial charge in [-0.25, -0.2) is 0 Å². The van der Waals surface area contributed by atoms with E-state index in [1.54, 1.807) is 24.3 Å². The monoisotopic (exact) mass is 282 g/mol. The maximum atomic E-state index is 12.0. The molecule has 0 spiro atoms. The zero-order valence-electron chi connectivity index (χ0n) is 11.2. The first-order chi connectivity index (χ1) is 9.65. The standard InChI is InChI=1S/C18H15ClO/c1-14(13-16-5-3-2-4-6-16)18(20)12-9-15-7-10-17(19)11-8-15/h2-13H,1H3/b12-9+,14-13+. The fraction of sp³-hybridized carbons (Fsp3) is 0.0556. The number of rotatable bonds is 4. The summed E-state index contributed by atoms with van der Waals surface area (Å²) in [5.41, 5.74) is 2.69. The number of hydrogen-bond donors (Lipinski definition) is 0. The molecule has 0 radical (unpaired) electrons. The second-order valence-corrected chi connectivity index (χ2v) is 4.92. The van der Waals surface area contributed by atoms with Crippen LogP contribution in [0.15, 0.2) is 66.2 Å². The van der Waals surface area contributed by atoms with Crippen molar-refractivity contribution >= 4 is 29.5 Å². The van der Waals surface area contributed by atoms with Crippen molar-refractivity contribution < 1.29 is 4.79 Å². The van der Waals surface area contributed by atoms with Crippen molar-refractivity contribution in [1.82, 2.24) is 0 Å². The van der Waals surface area contributed by atoms with Gasteiger partial charge in [0.05, 0.1) is 0 Å². The second kappa shape index (κ2) is 6.88. The summed E-state index contributed by atoms with van der Waals surface area (Å²) in [5, 5.41) is 0.689. The van der Waals surface area contributed by atoms with E-state index in [0.717, 1.165) is 11.1 Å². The van der Waals surface area contributed by atoms with Crippen LogP contribution in [0.25, 0.3) is 12.2 Å². The van der Waals surface area contributed by atoms with E-state index in [0.29, 0.717) is 10.6 Å². The average Bonchev–Trinajstić information content (AvgIpc) is 2.47. The van der Waals surface area contributed by atoms with Crippen molar-refractivity contribution in [3.63, 3.8) is 0 Å². The summed E-state index contributed by atoms with van der Waals surface area (Å²) in [7, 11) is 0. The van der Waals surface area contributed by atoms with Crippen LogP contribution in [0, 0.1) is 0 Å². The Morgan fingerprint density at radius 1 is 0.950 bits per heavy atom. The highest BCUT2D eigenvalue weighted by molar-refractivity contribution is 6.30. The smallest absolute Gasteiger partial charge is 0.181 e. The number of hydrogen-bond acceptors (Lipinski definition) is 1. The molecule has 0 aromatic heterocycles. The summed E-state index contributed by atoms with van der Waals surface area (Å²) >= 11 is 5.81. The Kier molecular flexibility index (Phi) is 4.91. The number of carbonyl (C=O) groups is 1. The molecular formula is C18H15ClO. The van der Waals surface area contributed by atoms with Gasteiger partial charge in [-0.1, -0.05) is 60.1 Å². The molecule has 2 heteroatoms. The number of ketones is 1. The first-order valence-corrected chi connectivity index (χ1v) is 6.74. The Balaban J connectivity index is 2.08. The zero-order chi connectivity index (χ0) is 14.4. The van der Waals surface area contributed by atoms with Gasteiger partial charge in [-0.3, -0.25) is 4.79 Å². The summed E-state index contributed by atoms with van der Waals surface area (Å²) < 4.78 is 0. The zero-order valence-corrected chi connectivity index (χ0v) is 12.0. The van der Waals surface area contributed by atoms with Crippen molar-refractivity contribution in [2.24, 2.45) is 0 Å². The van der Waals surface area contributed by atoms with Gasteiger partial charge in [0.25, 0.3) is 0 Å². The van der Waals surface area contributed by atoms with Crippen molar-refractivity contribution in [3.8, 4) is 0 Å². The van der Waals surface area contributed by atoms with E-state index in [1.165, 1.54) is 0 Å². The SMILES string of the molecule is C/C(=C\c1ccccc1)C(=O)/C=C/c1ccc(Cl)cc1. The van der Waals surface area contributed by atoms with Crippen LogP contribution in [-0.4, -0.2) is 5.78 Å². The fourth-order valence-electron chi connectivity index (χ4n) is 1.75. The molecular weight excluding hydrogens is 268 g/mol. The first-order valence-electron chi connectivity index (χ1n) is 6.36. The van der Waals surface area contributed by atoms with Crippen LogP contribution in [0.4, 0.5) is 0 Å². The first kappa shape index (κ1) is 14.3. The highest BCUT2D eigenvalue weighted by atomic mass is 35.5. The number of carbonyl (C=O) groups excluding carboxylic acids is 1. The third kappa shape index (κ3) is 4.22. The molecule has 2 aromatic rings. The lowest BCUT2D eigenvalue weighted by Crippen LogP contribution is -1.93. The second-order valence-electron chi connectivity index (χ2n) is 4.49. The van der Waals surface area contributed by atoms with E-state index in [2.05, 4.69) is 0 Å². The van der Waals surface area contributed by atoms with Gasteiger partial charge in [0, 0.05) is 5.02 Å². The number of allylic oxidation sites excluding steroid dienone is 2. The van der Waals surface area contributed by atoms with Crippen LogP contribution < -0.4 is 0 Å². The molecule has 2 aromatic carbocycles. The maximum absolute atomic E-state index is 12.0. The summed E-state index contributed by atoms with van der Waals surface area (Å²) in [6, 6.07) is 17.2. The Labute approximate surface area is 124 Å². The van der Waals surface area contributed by atoms with Crippen LogP contribution in [-0.2, 0) is 4.79 Å². The van der Waals surface area contributed by atoms with Crippen LogP contribution >= 0.6 is 11.6 Å². The Hall–Kier alpha value is -2.12. The lowest BCUT2D eigenvalue weighted by molar-refractivity contribution is -0.111. The summed E-state index contributed by atoms with van der Waals surface area (Å²) in [5.74, 6) is 0.00352. The molecule has 100 valence electrons. The fourth-order valence-corrected chi connectivity index (χ4v) is 1.87. The Morgan fingerprint density at radius 2 is 1.60 bits per heavy atom. The van der Waals surface area contributed by atoms with Gasteiger partial charge in [-0.15, -0.1) is 0 Å². The average molecular weight is 283 g/mol. The molecule has 0 saturated heterocycles. The molecule has 0 N–H and O–H groups in total. The van der Waals surface area contributed by atoms with Crippen molar-refractivity contribution in [2.75, 3.05) is 0 Å². The largest absolute Gasteiger partial charge is 0.290 e. The molecule has 0 unspecified atom stereocenters. The Bertz CT molecular complexity index is 637. The minimum atomic E-state index is 0.00352. The van der Waals surface area contributed by atoms with E-state index < -0.39 is 0 Å². The Morgan fingerprint density at radius 3 is 2.25 bits per heavy atom. The van der Waals surface area contributed by atoms with Gasteiger partial charge in [0.2, 0.25) is 0 Å². The quantitative estimate of drug-likeness (QED) is 0.719. The summed E-state index contributed by atoms with van der Waals surface area (Å²) in [6.07, 6.45) is 5.26. The van der Waals surface area contributed by atoms with Crippen molar-refractivity contribution in [1.29, 1.82) is 0 Å². The molecule has 1 nitrogen and oxygen atoms in total. The molecule has 0 aliphatic carbocycles. The molecule has 20 heavy (non-hydrogen) atoms. The van der Waals surface area contributed by atoms with Crippen LogP contribution in [0.1, 0.15) is 18.1 Å². The highest BCUT2D eigenvalue weighted by Crippen LogP contribution is 2.12. The van der Waals surface area contributed by atoms with E-state index >= 15 is 0 Å². The van der Waals surface area contributed by atoms with Crippen LogP contribution in [0.3, 0.4) is 0 Å². The maximum Gasteiger partial charge on any atom is 0.181 e. The van der Waals surface area contributed by atoms with Crippen LogP contribution in [0.2, 0.25) is 5.02 Å². The van der Waals surface area contributed by atoms with E-state index in [-0.39, 0.29) is 5.78 Å². The van der Waals surface area contributed by atoms with Crippen LogP contribution in [0.5, 0.6) is 0 Å². The molecule has 0 saturated carbocycles. The number of benzene rings is 2. The molecule has 0 heterocycles. The molecule has 2 rings (SSSR count).